The number of esters is 1. The summed E-state index contributed by atoms with van der Waals surface area (Å²) in [6, 6.07) is 0. The average molecular weight is 303 g/mol. The predicted molar refractivity (Wildman–Crippen MR) is 68.1 cm³/mol. The van der Waals surface area contributed by atoms with Gasteiger partial charge in [-0.15, -0.1) is 0 Å². The van der Waals surface area contributed by atoms with E-state index >= 15 is 0 Å². The quantitative estimate of drug-likeness (QED) is 0.627. The molecule has 0 fully saturated rings. The minimum absolute atomic E-state index is 0.160. The number of halogens is 3. The molecule has 0 aromatic carbocycles. The van der Waals surface area contributed by atoms with E-state index in [0.29, 0.717) is 18.7 Å². The van der Waals surface area contributed by atoms with Gasteiger partial charge in [0.25, 0.3) is 9.70 Å². The average Bonchev–Trinajstić information content (AvgIpc) is 2.22. The van der Waals surface area contributed by atoms with Gasteiger partial charge < -0.3 is 10.1 Å². The molecule has 0 aliphatic heterocycles. The van der Waals surface area contributed by atoms with E-state index in [9.17, 15) is 9.59 Å². The minimum Gasteiger partial charge on any atom is -0.466 e. The molecule has 0 spiro atoms. The van der Waals surface area contributed by atoms with Gasteiger partial charge in [0, 0.05) is 5.70 Å². The molecule has 0 saturated heterocycles. The van der Waals surface area contributed by atoms with Crippen LogP contribution in [0.25, 0.3) is 0 Å². The van der Waals surface area contributed by atoms with Crippen molar-refractivity contribution in [2.75, 3.05) is 6.61 Å². The molecule has 17 heavy (non-hydrogen) atoms. The molecule has 0 aromatic rings. The van der Waals surface area contributed by atoms with E-state index in [1.807, 2.05) is 0 Å². The second-order valence-corrected chi connectivity index (χ2v) is 5.35. The molecule has 0 saturated carbocycles. The number of nitrogens with one attached hydrogen (secondary N) is 1. The summed E-state index contributed by atoms with van der Waals surface area (Å²) in [4.78, 5) is 22.4. The van der Waals surface area contributed by atoms with Crippen LogP contribution in [0.1, 0.15) is 26.7 Å². The third-order valence-corrected chi connectivity index (χ3v) is 2.30. The zero-order valence-electron chi connectivity index (χ0n) is 9.56. The normalized spacial score (nSPS) is 12.2. The highest BCUT2D eigenvalue weighted by Crippen LogP contribution is 2.26. The number of hydrogen-bond donors (Lipinski definition) is 1. The molecule has 0 aromatic heterocycles. The van der Waals surface area contributed by atoms with Crippen LogP contribution < -0.4 is 5.32 Å². The van der Waals surface area contributed by atoms with Crippen LogP contribution in [0.5, 0.6) is 0 Å². The van der Waals surface area contributed by atoms with Gasteiger partial charge >= 0.3 is 5.97 Å². The fraction of sp³-hybridized carbons (Fsp3) is 0.600. The Hall–Kier alpha value is -0.450. The monoisotopic (exact) mass is 301 g/mol. The number of amides is 1. The molecule has 0 bridgehead atoms. The second kappa shape index (κ2) is 7.80. The van der Waals surface area contributed by atoms with Crippen molar-refractivity contribution >= 4 is 46.7 Å². The zero-order chi connectivity index (χ0) is 13.5. The molecule has 7 heteroatoms. The van der Waals surface area contributed by atoms with E-state index in [4.69, 9.17) is 39.5 Å². The summed E-state index contributed by atoms with van der Waals surface area (Å²) in [6.07, 6.45) is 2.11. The summed E-state index contributed by atoms with van der Waals surface area (Å²) in [7, 11) is 0. The van der Waals surface area contributed by atoms with Crippen LogP contribution >= 0.6 is 34.8 Å². The molecule has 1 N–H and O–H groups in total. The third-order valence-electron chi connectivity index (χ3n) is 1.78. The Balaban J connectivity index is 4.20. The molecule has 4 nitrogen and oxygen atoms in total. The van der Waals surface area contributed by atoms with Crippen molar-refractivity contribution in [2.45, 2.75) is 30.5 Å². The molecular formula is C10H14Cl3NO3. The van der Waals surface area contributed by atoms with E-state index in [1.54, 1.807) is 19.9 Å². The predicted octanol–water partition coefficient (Wildman–Crippen LogP) is 2.72. The second-order valence-electron chi connectivity index (χ2n) is 3.07. The Bertz CT molecular complexity index is 310. The first-order valence-corrected chi connectivity index (χ1v) is 6.13. The lowest BCUT2D eigenvalue weighted by Crippen LogP contribution is -2.34. The Morgan fingerprint density at radius 1 is 1.29 bits per heavy atom. The van der Waals surface area contributed by atoms with Crippen LogP contribution in [0, 0.1) is 0 Å². The topological polar surface area (TPSA) is 55.4 Å². The lowest BCUT2D eigenvalue weighted by Gasteiger charge is -2.13. The fourth-order valence-electron chi connectivity index (χ4n) is 0.966. The minimum atomic E-state index is -2.02. The van der Waals surface area contributed by atoms with E-state index in [0.717, 1.165) is 0 Å². The molecule has 0 heterocycles. The standard InChI is InChI=1S/C10H14Cl3NO3/c1-3-7(5-6-8(15)17-4-2)14-9(16)10(11,12)13/h3H,4-6H2,1-2H3,(H,14,16)/b7-3-. The van der Waals surface area contributed by atoms with Crippen LogP contribution in [-0.2, 0) is 14.3 Å². The zero-order valence-corrected chi connectivity index (χ0v) is 11.8. The van der Waals surface area contributed by atoms with Crippen LogP contribution in [0.2, 0.25) is 0 Å². The Labute approximate surface area is 115 Å². The smallest absolute Gasteiger partial charge is 0.306 e. The Morgan fingerprint density at radius 3 is 2.29 bits per heavy atom. The van der Waals surface area contributed by atoms with Crippen LogP contribution in [-0.4, -0.2) is 22.3 Å². The van der Waals surface area contributed by atoms with Crippen LogP contribution in [0.4, 0.5) is 0 Å². The SMILES string of the molecule is C/C=C(/CCC(=O)OCC)NC(=O)C(Cl)(Cl)Cl. The lowest BCUT2D eigenvalue weighted by molar-refractivity contribution is -0.143. The molecule has 0 aliphatic rings. The van der Waals surface area contributed by atoms with Crippen molar-refractivity contribution in [3.05, 3.63) is 11.8 Å². The highest BCUT2D eigenvalue weighted by molar-refractivity contribution is 6.76. The highest BCUT2D eigenvalue weighted by Gasteiger charge is 2.30. The van der Waals surface area contributed by atoms with Crippen molar-refractivity contribution < 1.29 is 14.3 Å². The van der Waals surface area contributed by atoms with E-state index in [2.05, 4.69) is 5.32 Å². The number of carbonyl (C=O) groups excluding carboxylic acids is 2. The van der Waals surface area contributed by atoms with Gasteiger partial charge in [0.2, 0.25) is 0 Å². The Kier molecular flexibility index (Phi) is 7.59. The summed E-state index contributed by atoms with van der Waals surface area (Å²) in [6.45, 7) is 3.75. The van der Waals surface area contributed by atoms with Crippen LogP contribution in [0.3, 0.4) is 0 Å². The van der Waals surface area contributed by atoms with Crippen molar-refractivity contribution in [1.82, 2.24) is 5.32 Å². The summed E-state index contributed by atoms with van der Waals surface area (Å²) in [5.74, 6) is -1.09. The first-order chi connectivity index (χ1) is 7.81. The summed E-state index contributed by atoms with van der Waals surface area (Å²) < 4.78 is 2.74. The first-order valence-electron chi connectivity index (χ1n) is 5.00. The molecular weight excluding hydrogens is 288 g/mol. The number of alkyl halides is 3. The number of rotatable bonds is 5. The van der Waals surface area contributed by atoms with Crippen molar-refractivity contribution in [2.24, 2.45) is 0 Å². The highest BCUT2D eigenvalue weighted by atomic mass is 35.6. The maximum atomic E-state index is 11.3. The maximum absolute atomic E-state index is 11.3. The van der Waals surface area contributed by atoms with E-state index in [1.165, 1.54) is 0 Å². The van der Waals surface area contributed by atoms with E-state index < -0.39 is 9.70 Å². The number of carbonyl (C=O) groups is 2. The van der Waals surface area contributed by atoms with Gasteiger partial charge in [0.05, 0.1) is 13.0 Å². The molecule has 0 radical (unpaired) electrons. The van der Waals surface area contributed by atoms with E-state index in [-0.39, 0.29) is 12.4 Å². The molecule has 98 valence electrons. The van der Waals surface area contributed by atoms with Gasteiger partial charge in [0.1, 0.15) is 0 Å². The number of allylic oxidation sites excluding steroid dienone is 2. The number of ether oxygens (including phenoxy) is 1. The Morgan fingerprint density at radius 2 is 1.88 bits per heavy atom. The first kappa shape index (κ1) is 16.6. The molecule has 0 aliphatic carbocycles. The van der Waals surface area contributed by atoms with Gasteiger partial charge in [-0.3, -0.25) is 9.59 Å². The molecule has 0 rings (SSSR count). The van der Waals surface area contributed by atoms with Gasteiger partial charge in [-0.25, -0.2) is 0 Å². The van der Waals surface area contributed by atoms with Crippen LogP contribution in [0.15, 0.2) is 11.8 Å². The molecule has 0 unspecified atom stereocenters. The summed E-state index contributed by atoms with van der Waals surface area (Å²) >= 11 is 16.2. The van der Waals surface area contributed by atoms with Gasteiger partial charge in [-0.05, 0) is 20.3 Å². The summed E-state index contributed by atoms with van der Waals surface area (Å²) in [5.41, 5.74) is 0.509. The largest absolute Gasteiger partial charge is 0.466 e. The lowest BCUT2D eigenvalue weighted by atomic mass is 10.2. The van der Waals surface area contributed by atoms with Crippen molar-refractivity contribution in [1.29, 1.82) is 0 Å². The van der Waals surface area contributed by atoms with Gasteiger partial charge in [0.15, 0.2) is 0 Å². The van der Waals surface area contributed by atoms with Gasteiger partial charge in [-0.1, -0.05) is 40.9 Å². The van der Waals surface area contributed by atoms with Gasteiger partial charge in [-0.2, -0.15) is 0 Å². The number of hydrogen-bond acceptors (Lipinski definition) is 3. The summed E-state index contributed by atoms with van der Waals surface area (Å²) in [5, 5.41) is 2.42. The molecule has 1 amide bonds. The van der Waals surface area contributed by atoms with Crippen molar-refractivity contribution in [3.8, 4) is 0 Å². The maximum Gasteiger partial charge on any atom is 0.306 e. The third kappa shape index (κ3) is 7.47. The molecule has 0 atom stereocenters. The fourth-order valence-corrected chi connectivity index (χ4v) is 1.11. The van der Waals surface area contributed by atoms with Crippen molar-refractivity contribution in [3.63, 3.8) is 0 Å².